The quantitative estimate of drug-likeness (QED) is 0.837. The number of hydrogen-bond acceptors (Lipinski definition) is 3. The third-order valence-electron chi connectivity index (χ3n) is 5.30. The minimum Gasteiger partial charge on any atom is -0.378 e. The first-order valence-electron chi connectivity index (χ1n) is 8.42. The molecule has 0 aromatic heterocycles. The standard InChI is InChI=1S/C18H24N2O2/c1-13-2-4-15(5-3-13)18(21)19-8-9-20-16(10-19)11-22-12-17(20)14-6-7-14/h2-5,14,16-17H,6-12H2,1H3/t16-,17-/m1/s1. The molecule has 0 spiro atoms. The highest BCUT2D eigenvalue weighted by molar-refractivity contribution is 5.94. The van der Waals surface area contributed by atoms with Gasteiger partial charge in [-0.2, -0.15) is 0 Å². The van der Waals surface area contributed by atoms with E-state index in [0.717, 1.165) is 44.3 Å². The van der Waals surface area contributed by atoms with Crippen molar-refractivity contribution in [2.75, 3.05) is 32.8 Å². The molecule has 118 valence electrons. The summed E-state index contributed by atoms with van der Waals surface area (Å²) < 4.78 is 5.82. The lowest BCUT2D eigenvalue weighted by molar-refractivity contribution is -0.0816. The van der Waals surface area contributed by atoms with Gasteiger partial charge < -0.3 is 9.64 Å². The minimum absolute atomic E-state index is 0.160. The zero-order chi connectivity index (χ0) is 15.1. The maximum Gasteiger partial charge on any atom is 0.253 e. The fraction of sp³-hybridized carbons (Fsp3) is 0.611. The van der Waals surface area contributed by atoms with Crippen LogP contribution < -0.4 is 0 Å². The van der Waals surface area contributed by atoms with Crippen LogP contribution in [0.3, 0.4) is 0 Å². The number of carbonyl (C=O) groups excluding carboxylic acids is 1. The van der Waals surface area contributed by atoms with Crippen LogP contribution in [0.5, 0.6) is 0 Å². The molecular formula is C18H24N2O2. The topological polar surface area (TPSA) is 32.8 Å². The van der Waals surface area contributed by atoms with Gasteiger partial charge in [-0.25, -0.2) is 0 Å². The van der Waals surface area contributed by atoms with Gasteiger partial charge in [0.05, 0.1) is 19.3 Å². The van der Waals surface area contributed by atoms with E-state index in [4.69, 9.17) is 4.74 Å². The molecular weight excluding hydrogens is 276 g/mol. The highest BCUT2D eigenvalue weighted by atomic mass is 16.5. The Labute approximate surface area is 132 Å². The van der Waals surface area contributed by atoms with Crippen LogP contribution in [0.2, 0.25) is 0 Å². The molecule has 1 aliphatic carbocycles. The average Bonchev–Trinajstić information content (AvgIpc) is 3.38. The number of fused-ring (bicyclic) bond motifs is 1. The van der Waals surface area contributed by atoms with Gasteiger partial charge in [0, 0.05) is 31.2 Å². The molecule has 0 N–H and O–H groups in total. The van der Waals surface area contributed by atoms with Gasteiger partial charge >= 0.3 is 0 Å². The van der Waals surface area contributed by atoms with Gasteiger partial charge in [-0.05, 0) is 37.8 Å². The summed E-state index contributed by atoms with van der Waals surface area (Å²) in [7, 11) is 0. The second kappa shape index (κ2) is 5.67. The lowest BCUT2D eigenvalue weighted by atomic mass is 10.0. The van der Waals surface area contributed by atoms with Crippen LogP contribution in [-0.2, 0) is 4.74 Å². The van der Waals surface area contributed by atoms with Gasteiger partial charge in [0.1, 0.15) is 0 Å². The van der Waals surface area contributed by atoms with Gasteiger partial charge in [-0.3, -0.25) is 9.69 Å². The number of rotatable bonds is 2. The monoisotopic (exact) mass is 300 g/mol. The fourth-order valence-electron chi connectivity index (χ4n) is 3.83. The second-order valence-electron chi connectivity index (χ2n) is 6.95. The summed E-state index contributed by atoms with van der Waals surface area (Å²) in [6.45, 7) is 6.33. The van der Waals surface area contributed by atoms with E-state index in [1.807, 2.05) is 36.1 Å². The average molecular weight is 300 g/mol. The van der Waals surface area contributed by atoms with E-state index in [2.05, 4.69) is 4.90 Å². The molecule has 0 bridgehead atoms. The van der Waals surface area contributed by atoms with Crippen molar-refractivity contribution in [2.45, 2.75) is 31.8 Å². The van der Waals surface area contributed by atoms with Gasteiger partial charge in [0.2, 0.25) is 0 Å². The van der Waals surface area contributed by atoms with Crippen molar-refractivity contribution < 1.29 is 9.53 Å². The SMILES string of the molecule is Cc1ccc(C(=O)N2CCN3[C@@H](COC[C@@H]3C3CC3)C2)cc1. The van der Waals surface area contributed by atoms with Crippen LogP contribution in [0.25, 0.3) is 0 Å². The Morgan fingerprint density at radius 3 is 2.64 bits per heavy atom. The predicted octanol–water partition coefficient (Wildman–Crippen LogP) is 1.93. The first kappa shape index (κ1) is 14.2. The van der Waals surface area contributed by atoms with Gasteiger partial charge in [0.15, 0.2) is 0 Å². The molecule has 3 aliphatic rings. The van der Waals surface area contributed by atoms with Gasteiger partial charge in [-0.15, -0.1) is 0 Å². The first-order chi connectivity index (χ1) is 10.7. The Kier molecular flexibility index (Phi) is 3.66. The zero-order valence-corrected chi connectivity index (χ0v) is 13.2. The number of nitrogens with zero attached hydrogens (tertiary/aromatic N) is 2. The molecule has 22 heavy (non-hydrogen) atoms. The Bertz CT molecular complexity index is 553. The van der Waals surface area contributed by atoms with Gasteiger partial charge in [-0.1, -0.05) is 17.7 Å². The summed E-state index contributed by atoms with van der Waals surface area (Å²) in [6, 6.07) is 8.87. The second-order valence-corrected chi connectivity index (χ2v) is 6.95. The molecule has 4 nitrogen and oxygen atoms in total. The number of amides is 1. The maximum atomic E-state index is 12.7. The summed E-state index contributed by atoms with van der Waals surface area (Å²) >= 11 is 0. The molecule has 1 aromatic carbocycles. The van der Waals surface area contributed by atoms with E-state index < -0.39 is 0 Å². The predicted molar refractivity (Wildman–Crippen MR) is 84.9 cm³/mol. The molecule has 3 fully saturated rings. The summed E-state index contributed by atoms with van der Waals surface area (Å²) in [5.74, 6) is 0.996. The summed E-state index contributed by atoms with van der Waals surface area (Å²) in [5.41, 5.74) is 1.99. The molecule has 2 heterocycles. The molecule has 4 heteroatoms. The first-order valence-corrected chi connectivity index (χ1v) is 8.42. The van der Waals surface area contributed by atoms with Crippen molar-refractivity contribution in [3.05, 3.63) is 35.4 Å². The molecule has 0 radical (unpaired) electrons. The number of piperazine rings is 1. The lowest BCUT2D eigenvalue weighted by Crippen LogP contribution is -2.63. The number of aryl methyl sites for hydroxylation is 1. The van der Waals surface area contributed by atoms with Crippen molar-refractivity contribution in [2.24, 2.45) is 5.92 Å². The van der Waals surface area contributed by atoms with E-state index in [9.17, 15) is 4.79 Å². The summed E-state index contributed by atoms with van der Waals surface area (Å²) in [5, 5.41) is 0. The molecule has 1 saturated carbocycles. The Hall–Kier alpha value is -1.39. The number of ether oxygens (including phenoxy) is 1. The fourth-order valence-corrected chi connectivity index (χ4v) is 3.83. The number of morpholine rings is 1. The molecule has 2 saturated heterocycles. The third-order valence-corrected chi connectivity index (χ3v) is 5.30. The number of benzene rings is 1. The molecule has 2 aliphatic heterocycles. The van der Waals surface area contributed by atoms with Crippen molar-refractivity contribution in [1.82, 2.24) is 9.80 Å². The van der Waals surface area contributed by atoms with Crippen molar-refractivity contribution >= 4 is 5.91 Å². The molecule has 2 atom stereocenters. The van der Waals surface area contributed by atoms with Crippen LogP contribution in [0.4, 0.5) is 0 Å². The smallest absolute Gasteiger partial charge is 0.253 e. The summed E-state index contributed by atoms with van der Waals surface area (Å²) in [4.78, 5) is 17.3. The van der Waals surface area contributed by atoms with Crippen LogP contribution in [0.15, 0.2) is 24.3 Å². The van der Waals surface area contributed by atoms with E-state index in [0.29, 0.717) is 12.1 Å². The van der Waals surface area contributed by atoms with Crippen LogP contribution in [0, 0.1) is 12.8 Å². The van der Waals surface area contributed by atoms with Gasteiger partial charge in [0.25, 0.3) is 5.91 Å². The summed E-state index contributed by atoms with van der Waals surface area (Å²) in [6.07, 6.45) is 2.70. The molecule has 1 amide bonds. The number of carbonyl (C=O) groups is 1. The minimum atomic E-state index is 0.160. The molecule has 0 unspecified atom stereocenters. The van der Waals surface area contributed by atoms with E-state index >= 15 is 0 Å². The van der Waals surface area contributed by atoms with Crippen LogP contribution in [0.1, 0.15) is 28.8 Å². The number of hydrogen-bond donors (Lipinski definition) is 0. The third kappa shape index (κ3) is 2.66. The maximum absolute atomic E-state index is 12.7. The Morgan fingerprint density at radius 2 is 1.91 bits per heavy atom. The van der Waals surface area contributed by atoms with Crippen molar-refractivity contribution in [3.8, 4) is 0 Å². The normalized spacial score (nSPS) is 29.2. The van der Waals surface area contributed by atoms with Crippen molar-refractivity contribution in [1.29, 1.82) is 0 Å². The van der Waals surface area contributed by atoms with E-state index in [1.165, 1.54) is 18.4 Å². The van der Waals surface area contributed by atoms with E-state index in [1.54, 1.807) is 0 Å². The largest absolute Gasteiger partial charge is 0.378 e. The van der Waals surface area contributed by atoms with Crippen LogP contribution in [-0.4, -0.2) is 60.6 Å². The highest BCUT2D eigenvalue weighted by Crippen LogP contribution is 2.38. The molecule has 1 aromatic rings. The van der Waals surface area contributed by atoms with Crippen LogP contribution >= 0.6 is 0 Å². The lowest BCUT2D eigenvalue weighted by Gasteiger charge is -2.48. The molecule has 4 rings (SSSR count). The van der Waals surface area contributed by atoms with E-state index in [-0.39, 0.29) is 5.91 Å². The Morgan fingerprint density at radius 1 is 1.14 bits per heavy atom. The highest BCUT2D eigenvalue weighted by Gasteiger charge is 2.43. The van der Waals surface area contributed by atoms with Crippen molar-refractivity contribution in [3.63, 3.8) is 0 Å². The Balaban J connectivity index is 1.45. The zero-order valence-electron chi connectivity index (χ0n) is 13.2.